The molecule has 1 amide bonds. The quantitative estimate of drug-likeness (QED) is 0.802. The van der Waals surface area contributed by atoms with E-state index in [-0.39, 0.29) is 35.6 Å². The maximum Gasteiger partial charge on any atom is 0.254 e. The van der Waals surface area contributed by atoms with Crippen molar-refractivity contribution in [3.8, 4) is 0 Å². The van der Waals surface area contributed by atoms with Crippen LogP contribution in [-0.4, -0.2) is 28.0 Å². The van der Waals surface area contributed by atoms with Crippen LogP contribution in [0, 0.1) is 11.8 Å². The van der Waals surface area contributed by atoms with Crippen molar-refractivity contribution in [1.29, 1.82) is 0 Å². The van der Waals surface area contributed by atoms with Gasteiger partial charge >= 0.3 is 0 Å². The molecule has 0 bridgehead atoms. The van der Waals surface area contributed by atoms with Crippen LogP contribution >= 0.6 is 0 Å². The Morgan fingerprint density at radius 3 is 1.88 bits per heavy atom. The Hall–Kier alpha value is -0.990. The summed E-state index contributed by atoms with van der Waals surface area (Å²) in [7, 11) is 0. The predicted octanol–water partition coefficient (Wildman–Crippen LogP) is 2.73. The van der Waals surface area contributed by atoms with E-state index in [1.165, 1.54) is 0 Å². The van der Waals surface area contributed by atoms with Gasteiger partial charge in [0.1, 0.15) is 5.76 Å². The topological polar surface area (TPSA) is 40.5 Å². The van der Waals surface area contributed by atoms with Gasteiger partial charge in [0.25, 0.3) is 5.91 Å². The molecule has 0 saturated heterocycles. The highest BCUT2D eigenvalue weighted by Gasteiger charge is 2.42. The van der Waals surface area contributed by atoms with Crippen LogP contribution in [0.3, 0.4) is 0 Å². The Morgan fingerprint density at radius 2 is 1.62 bits per heavy atom. The second-order valence-corrected chi connectivity index (χ2v) is 5.45. The maximum absolute atomic E-state index is 12.2. The predicted molar refractivity (Wildman–Crippen MR) is 65.1 cm³/mol. The second kappa shape index (κ2) is 4.48. The zero-order valence-corrected chi connectivity index (χ0v) is 11.1. The standard InChI is InChI=1S/C13H23NO2/c1-7(2)10-12(15)11(8(3)4)14(9(5)6)13(10)16/h7-9,11,15H,1-6H3. The number of carbonyl (C=O) groups excluding carboxylic acids is 1. The van der Waals surface area contributed by atoms with Gasteiger partial charge < -0.3 is 10.0 Å². The highest BCUT2D eigenvalue weighted by Crippen LogP contribution is 2.34. The van der Waals surface area contributed by atoms with E-state index >= 15 is 0 Å². The van der Waals surface area contributed by atoms with Crippen molar-refractivity contribution < 1.29 is 9.90 Å². The fourth-order valence-corrected chi connectivity index (χ4v) is 2.40. The molecule has 1 aliphatic rings. The van der Waals surface area contributed by atoms with Gasteiger partial charge in [-0.05, 0) is 25.7 Å². The Labute approximate surface area is 98.1 Å². The summed E-state index contributed by atoms with van der Waals surface area (Å²) < 4.78 is 0. The third-order valence-electron chi connectivity index (χ3n) is 3.09. The second-order valence-electron chi connectivity index (χ2n) is 5.45. The highest BCUT2D eigenvalue weighted by atomic mass is 16.3. The number of carbonyl (C=O) groups is 1. The molecule has 1 atom stereocenters. The average molecular weight is 225 g/mol. The van der Waals surface area contributed by atoms with Crippen molar-refractivity contribution in [1.82, 2.24) is 4.90 Å². The van der Waals surface area contributed by atoms with Gasteiger partial charge in [-0.25, -0.2) is 0 Å². The summed E-state index contributed by atoms with van der Waals surface area (Å²) in [6.45, 7) is 11.9. The summed E-state index contributed by atoms with van der Waals surface area (Å²) >= 11 is 0. The zero-order valence-electron chi connectivity index (χ0n) is 11.1. The first-order chi connectivity index (χ1) is 7.29. The Bertz CT molecular complexity index is 316. The van der Waals surface area contributed by atoms with Crippen LogP contribution in [0.15, 0.2) is 11.3 Å². The molecule has 1 N–H and O–H groups in total. The Morgan fingerprint density at radius 1 is 1.12 bits per heavy atom. The first kappa shape index (κ1) is 13.1. The summed E-state index contributed by atoms with van der Waals surface area (Å²) in [5.74, 6) is 0.602. The zero-order chi connectivity index (χ0) is 12.6. The molecule has 0 saturated carbocycles. The molecule has 1 heterocycles. The first-order valence-electron chi connectivity index (χ1n) is 6.04. The first-order valence-corrected chi connectivity index (χ1v) is 6.04. The minimum Gasteiger partial charge on any atom is -0.510 e. The molecule has 0 spiro atoms. The minimum atomic E-state index is -0.148. The van der Waals surface area contributed by atoms with E-state index in [1.807, 2.05) is 41.5 Å². The minimum absolute atomic E-state index is 0.00111. The smallest absolute Gasteiger partial charge is 0.254 e. The third kappa shape index (κ3) is 1.95. The fourth-order valence-electron chi connectivity index (χ4n) is 2.40. The lowest BCUT2D eigenvalue weighted by Crippen LogP contribution is -2.43. The lowest BCUT2D eigenvalue weighted by Gasteiger charge is -2.31. The number of aliphatic hydroxyl groups is 1. The van der Waals surface area contributed by atoms with Gasteiger partial charge in [0, 0.05) is 6.04 Å². The van der Waals surface area contributed by atoms with Crippen LogP contribution in [0.25, 0.3) is 0 Å². The number of amides is 1. The van der Waals surface area contributed by atoms with Gasteiger partial charge in [0.05, 0.1) is 11.6 Å². The Kier molecular flexibility index (Phi) is 3.66. The van der Waals surface area contributed by atoms with Crippen molar-refractivity contribution in [2.45, 2.75) is 53.6 Å². The van der Waals surface area contributed by atoms with E-state index < -0.39 is 0 Å². The molecule has 0 fully saturated rings. The number of aliphatic hydroxyl groups excluding tert-OH is 1. The lowest BCUT2D eigenvalue weighted by atomic mass is 9.98. The molecule has 1 rings (SSSR count). The van der Waals surface area contributed by atoms with Crippen LogP contribution < -0.4 is 0 Å². The average Bonchev–Trinajstić information content (AvgIpc) is 2.36. The van der Waals surface area contributed by atoms with Crippen molar-refractivity contribution in [3.05, 3.63) is 11.3 Å². The maximum atomic E-state index is 12.2. The lowest BCUT2D eigenvalue weighted by molar-refractivity contribution is -0.130. The largest absolute Gasteiger partial charge is 0.510 e. The van der Waals surface area contributed by atoms with Gasteiger partial charge in [-0.3, -0.25) is 4.79 Å². The monoisotopic (exact) mass is 225 g/mol. The van der Waals surface area contributed by atoms with Gasteiger partial charge in [0.15, 0.2) is 0 Å². The van der Waals surface area contributed by atoms with Crippen LogP contribution in [0.2, 0.25) is 0 Å². The van der Waals surface area contributed by atoms with E-state index in [1.54, 1.807) is 4.90 Å². The number of hydrogen-bond acceptors (Lipinski definition) is 2. The van der Waals surface area contributed by atoms with Crippen LogP contribution in [0.5, 0.6) is 0 Å². The van der Waals surface area contributed by atoms with Crippen LogP contribution in [0.4, 0.5) is 0 Å². The van der Waals surface area contributed by atoms with Gasteiger partial charge in [0.2, 0.25) is 0 Å². The normalized spacial score (nSPS) is 22.2. The van der Waals surface area contributed by atoms with E-state index in [0.29, 0.717) is 5.57 Å². The van der Waals surface area contributed by atoms with Gasteiger partial charge in [-0.15, -0.1) is 0 Å². The molecule has 3 nitrogen and oxygen atoms in total. The molecule has 0 aliphatic carbocycles. The molecule has 0 radical (unpaired) electrons. The molecule has 0 aromatic carbocycles. The van der Waals surface area contributed by atoms with Gasteiger partial charge in [-0.1, -0.05) is 27.7 Å². The van der Waals surface area contributed by atoms with Crippen molar-refractivity contribution in [2.24, 2.45) is 11.8 Å². The molecular weight excluding hydrogens is 202 g/mol. The molecule has 1 unspecified atom stereocenters. The Balaban J connectivity index is 3.18. The van der Waals surface area contributed by atoms with Crippen molar-refractivity contribution in [2.75, 3.05) is 0 Å². The molecule has 1 aliphatic heterocycles. The van der Waals surface area contributed by atoms with Gasteiger partial charge in [-0.2, -0.15) is 0 Å². The van der Waals surface area contributed by atoms with E-state index in [0.717, 1.165) is 0 Å². The van der Waals surface area contributed by atoms with Crippen molar-refractivity contribution in [3.63, 3.8) is 0 Å². The summed E-state index contributed by atoms with van der Waals surface area (Å²) in [4.78, 5) is 14.0. The molecular formula is C13H23NO2. The molecule has 0 aromatic rings. The van der Waals surface area contributed by atoms with Crippen LogP contribution in [0.1, 0.15) is 41.5 Å². The van der Waals surface area contributed by atoms with E-state index in [9.17, 15) is 9.90 Å². The number of nitrogens with zero attached hydrogens (tertiary/aromatic N) is 1. The summed E-state index contributed by atoms with van der Waals surface area (Å²) in [5.41, 5.74) is 0.590. The van der Waals surface area contributed by atoms with E-state index in [2.05, 4.69) is 0 Å². The molecule has 16 heavy (non-hydrogen) atoms. The summed E-state index contributed by atoms with van der Waals surface area (Å²) in [5, 5.41) is 10.2. The third-order valence-corrected chi connectivity index (χ3v) is 3.09. The molecule has 3 heteroatoms. The SMILES string of the molecule is CC(C)C1=C(O)C(C(C)C)N(C(C)C)C1=O. The number of hydrogen-bond donors (Lipinski definition) is 1. The number of rotatable bonds is 3. The summed E-state index contributed by atoms with van der Waals surface area (Å²) in [6.07, 6.45) is 0. The van der Waals surface area contributed by atoms with E-state index in [4.69, 9.17) is 0 Å². The molecule has 92 valence electrons. The van der Waals surface area contributed by atoms with Crippen LogP contribution in [-0.2, 0) is 4.79 Å². The fraction of sp³-hybridized carbons (Fsp3) is 0.769. The highest BCUT2D eigenvalue weighted by molar-refractivity contribution is 5.97. The summed E-state index contributed by atoms with van der Waals surface area (Å²) in [6, 6.07) is -0.0248. The molecule has 0 aromatic heterocycles. The van der Waals surface area contributed by atoms with Crippen molar-refractivity contribution >= 4 is 5.91 Å².